The van der Waals surface area contributed by atoms with Gasteiger partial charge in [0.2, 0.25) is 11.7 Å². The quantitative estimate of drug-likeness (QED) is 0.689. The average Bonchev–Trinajstić information content (AvgIpc) is 3.11. The van der Waals surface area contributed by atoms with Crippen LogP contribution in [-0.4, -0.2) is 39.8 Å². The highest BCUT2D eigenvalue weighted by Crippen LogP contribution is 2.23. The van der Waals surface area contributed by atoms with Gasteiger partial charge in [-0.1, -0.05) is 35.9 Å². The monoisotopic (exact) mass is 371 g/mol. The molecule has 0 spiro atoms. The molecule has 26 heavy (non-hydrogen) atoms. The van der Waals surface area contributed by atoms with E-state index >= 15 is 0 Å². The number of aromatic nitrogens is 4. The maximum absolute atomic E-state index is 12.0. The first-order chi connectivity index (χ1) is 12.7. The van der Waals surface area contributed by atoms with E-state index in [1.807, 2.05) is 36.4 Å². The van der Waals surface area contributed by atoms with Crippen LogP contribution >= 0.6 is 11.6 Å². The molecule has 0 aliphatic heterocycles. The number of rotatable bonds is 7. The van der Waals surface area contributed by atoms with E-state index in [1.165, 1.54) is 4.80 Å². The molecule has 0 saturated heterocycles. The first kappa shape index (κ1) is 17.9. The number of ether oxygens (including phenoxy) is 1. The first-order valence-electron chi connectivity index (χ1n) is 8.08. The van der Waals surface area contributed by atoms with Gasteiger partial charge in [0, 0.05) is 12.1 Å². The minimum Gasteiger partial charge on any atom is -0.497 e. The summed E-state index contributed by atoms with van der Waals surface area (Å²) in [5.41, 5.74) is 1.80. The fraction of sp³-hybridized carbons (Fsp3) is 0.222. The number of halogens is 1. The Morgan fingerprint density at radius 1 is 1.19 bits per heavy atom. The van der Waals surface area contributed by atoms with Crippen molar-refractivity contribution in [3.63, 3.8) is 0 Å². The number of carbonyl (C=O) groups is 1. The average molecular weight is 372 g/mol. The Kier molecular flexibility index (Phi) is 5.80. The molecule has 0 unspecified atom stereocenters. The van der Waals surface area contributed by atoms with Gasteiger partial charge >= 0.3 is 0 Å². The Morgan fingerprint density at radius 2 is 1.96 bits per heavy atom. The van der Waals surface area contributed by atoms with E-state index in [0.29, 0.717) is 23.0 Å². The van der Waals surface area contributed by atoms with Gasteiger partial charge in [0.05, 0.1) is 12.1 Å². The molecular weight excluding hydrogens is 354 g/mol. The van der Waals surface area contributed by atoms with Gasteiger partial charge in [-0.15, -0.1) is 10.2 Å². The highest BCUT2D eigenvalue weighted by Gasteiger charge is 2.11. The molecule has 2 aromatic carbocycles. The standard InChI is InChI=1S/C18H18ClN5O2/c1-26-14-8-6-13(7-9-14)10-11-20-17(25)12-24-22-18(21-23-24)15-4-2-3-5-16(15)19/h2-9H,10-12H2,1H3,(H,20,25). The lowest BCUT2D eigenvalue weighted by Gasteiger charge is -2.05. The van der Waals surface area contributed by atoms with Crippen LogP contribution in [0.2, 0.25) is 5.02 Å². The Labute approximate surface area is 155 Å². The molecule has 3 rings (SSSR count). The van der Waals surface area contributed by atoms with Crippen molar-refractivity contribution in [1.29, 1.82) is 0 Å². The van der Waals surface area contributed by atoms with Crippen molar-refractivity contribution in [2.45, 2.75) is 13.0 Å². The predicted molar refractivity (Wildman–Crippen MR) is 98.0 cm³/mol. The van der Waals surface area contributed by atoms with E-state index in [9.17, 15) is 4.79 Å². The van der Waals surface area contributed by atoms with E-state index in [2.05, 4.69) is 20.7 Å². The van der Waals surface area contributed by atoms with Crippen molar-refractivity contribution >= 4 is 17.5 Å². The Hall–Kier alpha value is -2.93. The summed E-state index contributed by atoms with van der Waals surface area (Å²) in [7, 11) is 1.63. The van der Waals surface area contributed by atoms with Crippen LogP contribution < -0.4 is 10.1 Å². The molecule has 7 nitrogen and oxygen atoms in total. The fourth-order valence-electron chi connectivity index (χ4n) is 2.38. The number of nitrogens with zero attached hydrogens (tertiary/aromatic N) is 4. The number of hydrogen-bond acceptors (Lipinski definition) is 5. The molecule has 0 aliphatic rings. The summed E-state index contributed by atoms with van der Waals surface area (Å²) in [5.74, 6) is 1.02. The second-order valence-corrected chi connectivity index (χ2v) is 5.98. The first-order valence-corrected chi connectivity index (χ1v) is 8.46. The molecule has 0 fully saturated rings. The van der Waals surface area contributed by atoms with Gasteiger partial charge in [0.15, 0.2) is 0 Å². The van der Waals surface area contributed by atoms with Gasteiger partial charge < -0.3 is 10.1 Å². The van der Waals surface area contributed by atoms with Crippen LogP contribution in [0.15, 0.2) is 48.5 Å². The lowest BCUT2D eigenvalue weighted by molar-refractivity contribution is -0.122. The normalized spacial score (nSPS) is 10.5. The van der Waals surface area contributed by atoms with Crippen LogP contribution in [0.3, 0.4) is 0 Å². The molecule has 0 radical (unpaired) electrons. The van der Waals surface area contributed by atoms with Crippen molar-refractivity contribution in [3.05, 3.63) is 59.1 Å². The van der Waals surface area contributed by atoms with Crippen LogP contribution in [0.4, 0.5) is 0 Å². The van der Waals surface area contributed by atoms with E-state index in [-0.39, 0.29) is 12.5 Å². The summed E-state index contributed by atoms with van der Waals surface area (Å²) in [6, 6.07) is 15.0. The lowest BCUT2D eigenvalue weighted by Crippen LogP contribution is -2.30. The molecule has 0 atom stereocenters. The van der Waals surface area contributed by atoms with E-state index < -0.39 is 0 Å². The minimum atomic E-state index is -0.179. The largest absolute Gasteiger partial charge is 0.497 e. The van der Waals surface area contributed by atoms with Crippen LogP contribution in [-0.2, 0) is 17.8 Å². The van der Waals surface area contributed by atoms with E-state index in [0.717, 1.165) is 17.7 Å². The number of carbonyl (C=O) groups excluding carboxylic acids is 1. The summed E-state index contributed by atoms with van der Waals surface area (Å²) in [4.78, 5) is 13.3. The summed E-state index contributed by atoms with van der Waals surface area (Å²) in [6.07, 6.45) is 0.728. The van der Waals surface area contributed by atoms with Crippen molar-refractivity contribution in [2.24, 2.45) is 0 Å². The molecule has 8 heteroatoms. The van der Waals surface area contributed by atoms with Gasteiger partial charge in [0.25, 0.3) is 0 Å². The zero-order valence-electron chi connectivity index (χ0n) is 14.2. The summed E-state index contributed by atoms with van der Waals surface area (Å²) < 4.78 is 5.12. The highest BCUT2D eigenvalue weighted by molar-refractivity contribution is 6.33. The van der Waals surface area contributed by atoms with E-state index in [1.54, 1.807) is 19.2 Å². The molecule has 0 bridgehead atoms. The fourth-order valence-corrected chi connectivity index (χ4v) is 2.60. The summed E-state index contributed by atoms with van der Waals surface area (Å²) >= 11 is 6.12. The second kappa shape index (κ2) is 8.44. The smallest absolute Gasteiger partial charge is 0.243 e. The van der Waals surface area contributed by atoms with Gasteiger partial charge in [-0.3, -0.25) is 4.79 Å². The third-order valence-corrected chi connectivity index (χ3v) is 4.08. The SMILES string of the molecule is COc1ccc(CCNC(=O)Cn2nnc(-c3ccccc3Cl)n2)cc1. The zero-order valence-corrected chi connectivity index (χ0v) is 15.0. The Bertz CT molecular complexity index is 879. The number of methoxy groups -OCH3 is 1. The molecule has 1 N–H and O–H groups in total. The van der Waals surface area contributed by atoms with Crippen LogP contribution in [0.25, 0.3) is 11.4 Å². The lowest BCUT2D eigenvalue weighted by atomic mass is 10.1. The third-order valence-electron chi connectivity index (χ3n) is 3.75. The van der Waals surface area contributed by atoms with Crippen LogP contribution in [0.5, 0.6) is 5.75 Å². The number of tetrazole rings is 1. The highest BCUT2D eigenvalue weighted by atomic mass is 35.5. The number of benzene rings is 2. The number of amides is 1. The van der Waals surface area contributed by atoms with Crippen molar-refractivity contribution < 1.29 is 9.53 Å². The van der Waals surface area contributed by atoms with Gasteiger partial charge in [-0.2, -0.15) is 4.80 Å². The Morgan fingerprint density at radius 3 is 2.69 bits per heavy atom. The predicted octanol–water partition coefficient (Wildman–Crippen LogP) is 2.36. The molecule has 1 heterocycles. The minimum absolute atomic E-state index is 0.0000646. The van der Waals surface area contributed by atoms with Crippen LogP contribution in [0.1, 0.15) is 5.56 Å². The van der Waals surface area contributed by atoms with Gasteiger partial charge in [-0.25, -0.2) is 0 Å². The number of hydrogen-bond donors (Lipinski definition) is 1. The van der Waals surface area contributed by atoms with Crippen molar-refractivity contribution in [3.8, 4) is 17.1 Å². The van der Waals surface area contributed by atoms with Crippen molar-refractivity contribution in [1.82, 2.24) is 25.5 Å². The summed E-state index contributed by atoms with van der Waals surface area (Å²) in [6.45, 7) is 0.525. The molecule has 3 aromatic rings. The molecule has 1 amide bonds. The maximum Gasteiger partial charge on any atom is 0.243 e. The van der Waals surface area contributed by atoms with Gasteiger partial charge in [0.1, 0.15) is 12.3 Å². The topological polar surface area (TPSA) is 81.9 Å². The maximum atomic E-state index is 12.0. The molecule has 0 aliphatic carbocycles. The molecule has 134 valence electrons. The van der Waals surface area contributed by atoms with Crippen molar-refractivity contribution in [2.75, 3.05) is 13.7 Å². The molecule has 1 aromatic heterocycles. The zero-order chi connectivity index (χ0) is 18.4. The Balaban J connectivity index is 1.50. The third kappa shape index (κ3) is 4.58. The molecular formula is C18H18ClN5O2. The van der Waals surface area contributed by atoms with Gasteiger partial charge in [-0.05, 0) is 41.5 Å². The number of nitrogens with one attached hydrogen (secondary N) is 1. The second-order valence-electron chi connectivity index (χ2n) is 5.57. The molecule has 0 saturated carbocycles. The summed E-state index contributed by atoms with van der Waals surface area (Å²) in [5, 5.41) is 15.4. The van der Waals surface area contributed by atoms with Crippen LogP contribution in [0, 0.1) is 0 Å². The van der Waals surface area contributed by atoms with E-state index in [4.69, 9.17) is 16.3 Å².